The summed E-state index contributed by atoms with van der Waals surface area (Å²) in [6, 6.07) is 5.71. The first-order valence-electron chi connectivity index (χ1n) is 5.33. The van der Waals surface area contributed by atoms with E-state index in [2.05, 4.69) is 5.10 Å². The first-order valence-corrected chi connectivity index (χ1v) is 7.60. The molecule has 0 aliphatic heterocycles. The molecule has 1 aromatic heterocycles. The second-order valence-corrected chi connectivity index (χ2v) is 6.51. The summed E-state index contributed by atoms with van der Waals surface area (Å²) in [5.41, 5.74) is 0.631. The van der Waals surface area contributed by atoms with Gasteiger partial charge < -0.3 is 0 Å². The van der Waals surface area contributed by atoms with Crippen molar-refractivity contribution in [3.8, 4) is 0 Å². The Bertz CT molecular complexity index is 713. The fourth-order valence-corrected chi connectivity index (χ4v) is 2.54. The molecule has 2 rings (SSSR count). The number of benzene rings is 1. The quantitative estimate of drug-likeness (QED) is 0.809. The molecule has 0 amide bonds. The highest BCUT2D eigenvalue weighted by molar-refractivity contribution is 7.90. The highest BCUT2D eigenvalue weighted by Crippen LogP contribution is 2.19. The molecule has 7 heteroatoms. The van der Waals surface area contributed by atoms with Crippen molar-refractivity contribution in [2.75, 3.05) is 6.26 Å². The topological polar surface area (TPSA) is 69.0 Å². The molecule has 0 aliphatic carbocycles. The number of rotatable bonds is 3. The fourth-order valence-electron chi connectivity index (χ4n) is 1.66. The van der Waals surface area contributed by atoms with E-state index in [1.807, 2.05) is 0 Å². The minimum absolute atomic E-state index is 0.167. The first-order chi connectivity index (χ1) is 8.80. The summed E-state index contributed by atoms with van der Waals surface area (Å²) < 4.78 is 24.0. The molecule has 19 heavy (non-hydrogen) atoms. The highest BCUT2D eigenvalue weighted by atomic mass is 35.5. The number of ketones is 1. The Kier molecular flexibility index (Phi) is 3.47. The molecule has 1 aromatic carbocycles. The monoisotopic (exact) mass is 298 g/mol. The van der Waals surface area contributed by atoms with Gasteiger partial charge in [0.15, 0.2) is 9.84 Å². The van der Waals surface area contributed by atoms with Crippen molar-refractivity contribution in [3.05, 3.63) is 46.7 Å². The van der Waals surface area contributed by atoms with Gasteiger partial charge in [0.25, 0.3) is 0 Å². The van der Waals surface area contributed by atoms with Crippen molar-refractivity contribution < 1.29 is 13.2 Å². The molecular formula is C12H11ClN2O3S. The number of sulfone groups is 1. The molecule has 0 spiro atoms. The average Bonchev–Trinajstić information content (AvgIpc) is 2.67. The van der Waals surface area contributed by atoms with E-state index in [9.17, 15) is 13.2 Å². The van der Waals surface area contributed by atoms with Crippen LogP contribution in [0.5, 0.6) is 0 Å². The van der Waals surface area contributed by atoms with E-state index in [-0.39, 0.29) is 21.4 Å². The van der Waals surface area contributed by atoms with Gasteiger partial charge >= 0.3 is 0 Å². The lowest BCUT2D eigenvalue weighted by atomic mass is 10.1. The molecule has 0 radical (unpaired) electrons. The number of hydrogen-bond acceptors (Lipinski definition) is 4. The maximum absolute atomic E-state index is 12.2. The Hall–Kier alpha value is -1.66. The third-order valence-corrected chi connectivity index (χ3v) is 4.06. The molecule has 0 aliphatic rings. The van der Waals surface area contributed by atoms with Crippen molar-refractivity contribution >= 4 is 27.2 Å². The third kappa shape index (κ3) is 2.69. The van der Waals surface area contributed by atoms with E-state index in [0.717, 1.165) is 6.26 Å². The predicted molar refractivity (Wildman–Crippen MR) is 71.2 cm³/mol. The van der Waals surface area contributed by atoms with Gasteiger partial charge in [0.1, 0.15) is 5.69 Å². The van der Waals surface area contributed by atoms with Gasteiger partial charge in [-0.3, -0.25) is 9.48 Å². The number of nitrogens with zero attached hydrogens (tertiary/aromatic N) is 2. The molecule has 1 heterocycles. The van der Waals surface area contributed by atoms with Gasteiger partial charge in [-0.2, -0.15) is 5.10 Å². The molecule has 0 atom stereocenters. The van der Waals surface area contributed by atoms with Crippen LogP contribution in [-0.4, -0.2) is 30.2 Å². The van der Waals surface area contributed by atoms with Crippen molar-refractivity contribution in [1.82, 2.24) is 9.78 Å². The smallest absolute Gasteiger partial charge is 0.212 e. The van der Waals surface area contributed by atoms with Crippen molar-refractivity contribution in [3.63, 3.8) is 0 Å². The van der Waals surface area contributed by atoms with Gasteiger partial charge in [-0.25, -0.2) is 8.42 Å². The molecule has 0 saturated carbocycles. The minimum Gasteiger partial charge on any atom is -0.287 e. The zero-order valence-corrected chi connectivity index (χ0v) is 11.9. The number of halogens is 1. The van der Waals surface area contributed by atoms with E-state index in [4.69, 9.17) is 11.6 Å². The Labute approximate surface area is 115 Å². The number of aryl methyl sites for hydroxylation is 1. The van der Waals surface area contributed by atoms with Gasteiger partial charge in [0.05, 0.1) is 16.1 Å². The van der Waals surface area contributed by atoms with Crippen molar-refractivity contribution in [1.29, 1.82) is 0 Å². The van der Waals surface area contributed by atoms with Crippen LogP contribution in [0.15, 0.2) is 35.4 Å². The highest BCUT2D eigenvalue weighted by Gasteiger charge is 2.18. The van der Waals surface area contributed by atoms with Gasteiger partial charge in [0.2, 0.25) is 5.78 Å². The molecular weight excluding hydrogens is 288 g/mol. The third-order valence-electron chi connectivity index (χ3n) is 2.65. The zero-order valence-electron chi connectivity index (χ0n) is 10.3. The van der Waals surface area contributed by atoms with Crippen LogP contribution in [0.4, 0.5) is 0 Å². The normalized spacial score (nSPS) is 11.5. The van der Waals surface area contributed by atoms with E-state index >= 15 is 0 Å². The van der Waals surface area contributed by atoms with Crippen LogP contribution in [0.3, 0.4) is 0 Å². The van der Waals surface area contributed by atoms with Crippen LogP contribution < -0.4 is 0 Å². The lowest BCUT2D eigenvalue weighted by molar-refractivity contribution is 0.103. The van der Waals surface area contributed by atoms with E-state index < -0.39 is 9.84 Å². The summed E-state index contributed by atoms with van der Waals surface area (Å²) in [6.45, 7) is 0. The van der Waals surface area contributed by atoms with Crippen molar-refractivity contribution in [2.45, 2.75) is 4.90 Å². The van der Waals surface area contributed by atoms with E-state index in [1.54, 1.807) is 7.05 Å². The average molecular weight is 299 g/mol. The Morgan fingerprint density at radius 2 is 1.84 bits per heavy atom. The van der Waals surface area contributed by atoms with E-state index in [1.165, 1.54) is 35.1 Å². The first kappa shape index (κ1) is 13.8. The van der Waals surface area contributed by atoms with Gasteiger partial charge in [-0.15, -0.1) is 0 Å². The fraction of sp³-hybridized carbons (Fsp3) is 0.167. The lowest BCUT2D eigenvalue weighted by Gasteiger charge is -2.04. The van der Waals surface area contributed by atoms with Crippen LogP contribution in [0.1, 0.15) is 16.1 Å². The second-order valence-electron chi connectivity index (χ2n) is 4.09. The predicted octanol–water partition coefficient (Wildman–Crippen LogP) is 1.71. The summed E-state index contributed by atoms with van der Waals surface area (Å²) in [4.78, 5) is 12.4. The second kappa shape index (κ2) is 4.79. The maximum Gasteiger partial charge on any atom is 0.212 e. The molecule has 0 bridgehead atoms. The van der Waals surface area contributed by atoms with Gasteiger partial charge in [-0.05, 0) is 24.3 Å². The number of aromatic nitrogens is 2. The minimum atomic E-state index is -3.27. The zero-order chi connectivity index (χ0) is 14.2. The summed E-state index contributed by atoms with van der Waals surface area (Å²) in [5, 5.41) is 4.15. The van der Waals surface area contributed by atoms with Crippen LogP contribution >= 0.6 is 11.6 Å². The summed E-state index contributed by atoms with van der Waals surface area (Å²) in [6.07, 6.45) is 2.50. The molecule has 0 fully saturated rings. The molecule has 2 aromatic rings. The van der Waals surface area contributed by atoms with Crippen molar-refractivity contribution in [2.24, 2.45) is 7.05 Å². The van der Waals surface area contributed by atoms with Gasteiger partial charge in [0, 0.05) is 18.9 Å². The number of carbonyl (C=O) groups excluding carboxylic acids is 1. The molecule has 5 nitrogen and oxygen atoms in total. The molecule has 0 unspecified atom stereocenters. The van der Waals surface area contributed by atoms with Crippen LogP contribution in [0.25, 0.3) is 0 Å². The van der Waals surface area contributed by atoms with E-state index in [0.29, 0.717) is 5.56 Å². The Balaban J connectivity index is 2.41. The Morgan fingerprint density at radius 1 is 1.26 bits per heavy atom. The summed E-state index contributed by atoms with van der Waals surface area (Å²) >= 11 is 5.89. The summed E-state index contributed by atoms with van der Waals surface area (Å²) in [5.74, 6) is -0.301. The molecule has 0 saturated heterocycles. The lowest BCUT2D eigenvalue weighted by Crippen LogP contribution is -2.09. The standard InChI is InChI=1S/C12H11ClN2O3S/c1-15-11(10(13)7-14-15)12(16)8-3-5-9(6-4-8)19(2,17)18/h3-7H,1-2H3. The van der Waals surface area contributed by atoms with Crippen LogP contribution in [-0.2, 0) is 16.9 Å². The number of carbonyl (C=O) groups is 1. The SMILES string of the molecule is Cn1ncc(Cl)c1C(=O)c1ccc(S(C)(=O)=O)cc1. The summed E-state index contributed by atoms with van der Waals surface area (Å²) in [7, 11) is -1.66. The maximum atomic E-state index is 12.2. The van der Waals surface area contributed by atoms with Crippen LogP contribution in [0.2, 0.25) is 5.02 Å². The van der Waals surface area contributed by atoms with Gasteiger partial charge in [-0.1, -0.05) is 11.6 Å². The molecule has 0 N–H and O–H groups in total. The molecule has 100 valence electrons. The Morgan fingerprint density at radius 3 is 2.26 bits per heavy atom. The van der Waals surface area contributed by atoms with Crippen LogP contribution in [0, 0.1) is 0 Å². The largest absolute Gasteiger partial charge is 0.287 e. The number of hydrogen-bond donors (Lipinski definition) is 0.